The van der Waals surface area contributed by atoms with Gasteiger partial charge in [-0.3, -0.25) is 5.10 Å². The van der Waals surface area contributed by atoms with Crippen molar-refractivity contribution in [2.75, 3.05) is 42.9 Å². The number of allylic oxidation sites excluding steroid dienone is 2. The van der Waals surface area contributed by atoms with Gasteiger partial charge < -0.3 is 36.9 Å². The number of unbranched alkanes of at least 4 members (excludes halogenated alkanes) is 4. The Morgan fingerprint density at radius 2 is 1.68 bits per heavy atom. The van der Waals surface area contributed by atoms with E-state index in [-0.39, 0.29) is 18.4 Å². The van der Waals surface area contributed by atoms with Gasteiger partial charge in [-0.05, 0) is 55.3 Å². The third-order valence-electron chi connectivity index (χ3n) is 11.1. The number of rotatable bonds is 12. The Hall–Kier alpha value is -6.24. The van der Waals surface area contributed by atoms with Gasteiger partial charge in [0.1, 0.15) is 22.5 Å². The van der Waals surface area contributed by atoms with Crippen LogP contribution in [-0.2, 0) is 6.54 Å². The molecule has 0 saturated carbocycles. The maximum absolute atomic E-state index is 14.5. The molecule has 0 radical (unpaired) electrons. The molecular formula is C48H60FN11. The van der Waals surface area contributed by atoms with Crippen molar-refractivity contribution >= 4 is 46.3 Å². The number of nitrogens with zero attached hydrogens (tertiary/aromatic N) is 5. The summed E-state index contributed by atoms with van der Waals surface area (Å²) in [4.78, 5) is 11.3. The Kier molecular flexibility index (Phi) is 14.9. The number of halogens is 1. The van der Waals surface area contributed by atoms with Crippen LogP contribution in [0.5, 0.6) is 0 Å². The van der Waals surface area contributed by atoms with E-state index in [0.717, 1.165) is 78.9 Å². The number of piperidine rings is 1. The van der Waals surface area contributed by atoms with Crippen LogP contribution in [0.1, 0.15) is 63.5 Å². The van der Waals surface area contributed by atoms with Gasteiger partial charge in [-0.15, -0.1) is 0 Å². The summed E-state index contributed by atoms with van der Waals surface area (Å²) < 4.78 is 16.8. The van der Waals surface area contributed by atoms with Crippen LogP contribution in [0, 0.1) is 5.82 Å². The lowest BCUT2D eigenvalue weighted by molar-refractivity contribution is 0.458. The van der Waals surface area contributed by atoms with Gasteiger partial charge >= 0.3 is 0 Å². The number of nitrogens with one attached hydrogen (secondary N) is 4. The molecule has 0 spiro atoms. The number of hydrogen-bond donors (Lipinski definition) is 6. The summed E-state index contributed by atoms with van der Waals surface area (Å²) in [6.45, 7) is 27.6. The van der Waals surface area contributed by atoms with Crippen LogP contribution in [0.3, 0.4) is 0 Å². The van der Waals surface area contributed by atoms with Gasteiger partial charge in [-0.1, -0.05) is 102 Å². The highest BCUT2D eigenvalue weighted by atomic mass is 19.1. The van der Waals surface area contributed by atoms with E-state index in [2.05, 4.69) is 121 Å². The Labute approximate surface area is 352 Å². The first-order chi connectivity index (χ1) is 29.2. The van der Waals surface area contributed by atoms with Crippen molar-refractivity contribution in [3.63, 3.8) is 0 Å². The van der Waals surface area contributed by atoms with Gasteiger partial charge in [-0.2, -0.15) is 5.10 Å². The number of piperazine rings is 1. The fourth-order valence-electron chi connectivity index (χ4n) is 8.01. The highest BCUT2D eigenvalue weighted by Gasteiger charge is 2.23. The van der Waals surface area contributed by atoms with E-state index in [4.69, 9.17) is 5.73 Å². The summed E-state index contributed by atoms with van der Waals surface area (Å²) in [6.07, 6.45) is 11.2. The van der Waals surface area contributed by atoms with E-state index in [1.165, 1.54) is 60.8 Å². The van der Waals surface area contributed by atoms with Gasteiger partial charge in [0.2, 0.25) is 0 Å². The van der Waals surface area contributed by atoms with E-state index >= 15 is 0 Å². The number of hydrogen-bond acceptors (Lipinski definition) is 9. The molecule has 3 aromatic carbocycles. The number of nitrogens with two attached hydrogens (primary N) is 2. The van der Waals surface area contributed by atoms with Crippen LogP contribution in [0.2, 0.25) is 0 Å². The minimum absolute atomic E-state index is 0.171. The predicted molar refractivity (Wildman–Crippen MR) is 249 cm³/mol. The molecule has 0 bridgehead atoms. The fourth-order valence-corrected chi connectivity index (χ4v) is 8.01. The minimum Gasteiger partial charge on any atom is -0.405 e. The van der Waals surface area contributed by atoms with Crippen molar-refractivity contribution < 1.29 is 4.39 Å². The zero-order chi connectivity index (χ0) is 42.6. The van der Waals surface area contributed by atoms with Crippen LogP contribution < -0.4 is 43.0 Å². The lowest BCUT2D eigenvalue weighted by Crippen LogP contribution is -2.43. The lowest BCUT2D eigenvalue weighted by Gasteiger charge is -2.29. The van der Waals surface area contributed by atoms with Gasteiger partial charge in [0.05, 0.1) is 17.8 Å². The van der Waals surface area contributed by atoms with Crippen LogP contribution >= 0.6 is 0 Å². The van der Waals surface area contributed by atoms with Crippen molar-refractivity contribution in [1.29, 1.82) is 0 Å². The molecule has 2 saturated heterocycles. The molecule has 0 aliphatic carbocycles. The second kappa shape index (κ2) is 20.6. The first-order valence-corrected chi connectivity index (χ1v) is 21.0. The van der Waals surface area contributed by atoms with Crippen molar-refractivity contribution in [2.45, 2.75) is 64.5 Å². The molecule has 2 aliphatic rings. The van der Waals surface area contributed by atoms with Crippen molar-refractivity contribution in [1.82, 2.24) is 35.4 Å². The van der Waals surface area contributed by atoms with Gasteiger partial charge in [0.25, 0.3) is 0 Å². The molecule has 8 rings (SSSR count). The van der Waals surface area contributed by atoms with Crippen LogP contribution in [0.4, 0.5) is 15.8 Å². The smallest absolute Gasteiger partial charge is 0.163 e. The SMILES string of the molecule is C=C1CCC(n2c(=C)c3cccc(NCCCCCCC)c3c2=C)C(=C)N1.C=CN.NCc1cccc(F)c1-c1ncc2[nH]nc(-c3ccc(N4CCNCC4)cc3)c2n1. The van der Waals surface area contributed by atoms with Crippen molar-refractivity contribution in [2.24, 2.45) is 11.5 Å². The third kappa shape index (κ3) is 9.78. The number of H-pyrrole nitrogens is 1. The molecule has 11 nitrogen and oxygen atoms in total. The normalized spacial score (nSPS) is 15.2. The first kappa shape index (κ1) is 43.3. The largest absolute Gasteiger partial charge is 0.405 e. The molecule has 60 heavy (non-hydrogen) atoms. The topological polar surface area (TPSA) is 151 Å². The Bertz CT molecular complexity index is 2510. The third-order valence-corrected chi connectivity index (χ3v) is 11.1. The van der Waals surface area contributed by atoms with Gasteiger partial charge in [-0.25, -0.2) is 14.4 Å². The molecule has 314 valence electrons. The molecule has 3 aromatic heterocycles. The van der Waals surface area contributed by atoms with Gasteiger partial charge in [0.15, 0.2) is 5.82 Å². The molecule has 2 aliphatic heterocycles. The number of anilines is 2. The average molecular weight is 810 g/mol. The summed E-state index contributed by atoms with van der Waals surface area (Å²) in [7, 11) is 0. The fraction of sp³-hybridized carbons (Fsp3) is 0.312. The number of aromatic amines is 1. The highest BCUT2D eigenvalue weighted by molar-refractivity contribution is 5.95. The summed E-state index contributed by atoms with van der Waals surface area (Å²) >= 11 is 0. The summed E-state index contributed by atoms with van der Waals surface area (Å²) in [5.74, 6) is -0.0798. The van der Waals surface area contributed by atoms with Gasteiger partial charge in [0, 0.05) is 89.1 Å². The maximum atomic E-state index is 14.5. The van der Waals surface area contributed by atoms with E-state index < -0.39 is 0 Å². The van der Waals surface area contributed by atoms with E-state index in [9.17, 15) is 4.39 Å². The molecule has 8 N–H and O–H groups in total. The predicted octanol–water partition coefficient (Wildman–Crippen LogP) is 7.58. The van der Waals surface area contributed by atoms with E-state index in [1.807, 2.05) is 12.1 Å². The van der Waals surface area contributed by atoms with Crippen LogP contribution in [-0.4, -0.2) is 57.5 Å². The number of aromatic nitrogens is 5. The lowest BCUT2D eigenvalue weighted by atomic mass is 10.0. The monoisotopic (exact) mass is 810 g/mol. The molecule has 1 unspecified atom stereocenters. The van der Waals surface area contributed by atoms with Crippen LogP contribution in [0.15, 0.2) is 104 Å². The summed E-state index contributed by atoms with van der Waals surface area (Å²) in [5.41, 5.74) is 18.8. The maximum Gasteiger partial charge on any atom is 0.163 e. The molecule has 0 amide bonds. The molecule has 12 heteroatoms. The standard InChI is InChI=1S/C24H33N3.C22H22FN7.C2H5N/c1-6-7-8-9-10-16-25-22-13-11-12-21-19(4)27(20(5)24(21)22)23-15-14-17(2)26-18(23)3;23-17-3-1-2-15(12-24)19(17)22-26-13-18-21(27-22)20(29-28-18)14-4-6-16(7-5-14)30-10-8-25-9-11-30;1-2-3/h11-13,23,25-26H,2-10,14-16H2,1H3;1-7,13,25H,8-12,24H2,(H,28,29);2H,1,3H2. The zero-order valence-electron chi connectivity index (χ0n) is 35.0. The van der Waals surface area contributed by atoms with E-state index in [1.54, 1.807) is 18.3 Å². The Morgan fingerprint density at radius 1 is 0.950 bits per heavy atom. The molecule has 2 fully saturated rings. The summed E-state index contributed by atoms with van der Waals surface area (Å²) in [6, 6.07) is 19.7. The second-order valence-corrected chi connectivity index (χ2v) is 15.2. The quantitative estimate of drug-likeness (QED) is 0.0688. The molecule has 6 aromatic rings. The van der Waals surface area contributed by atoms with Crippen molar-refractivity contribution in [3.05, 3.63) is 126 Å². The Balaban J connectivity index is 0.000000190. The van der Waals surface area contributed by atoms with Crippen molar-refractivity contribution in [3.8, 4) is 22.6 Å². The molecule has 1 atom stereocenters. The summed E-state index contributed by atoms with van der Waals surface area (Å²) in [5, 5.41) is 22.1. The zero-order valence-corrected chi connectivity index (χ0v) is 35.0. The Morgan fingerprint density at radius 3 is 2.40 bits per heavy atom. The number of fused-ring (bicyclic) bond motifs is 2. The highest BCUT2D eigenvalue weighted by Crippen LogP contribution is 2.31. The molecule has 5 heterocycles. The average Bonchev–Trinajstić information content (AvgIpc) is 3.80. The number of benzene rings is 3. The van der Waals surface area contributed by atoms with Crippen LogP contribution in [0.25, 0.3) is 57.6 Å². The minimum atomic E-state index is -0.386. The van der Waals surface area contributed by atoms with E-state index in [0.29, 0.717) is 33.7 Å². The first-order valence-electron chi connectivity index (χ1n) is 21.0. The molecular weight excluding hydrogens is 750 g/mol. The second-order valence-electron chi connectivity index (χ2n) is 15.2.